The molecule has 2 aromatic rings. The molecule has 1 aromatic heterocycles. The lowest BCUT2D eigenvalue weighted by molar-refractivity contribution is 0.0241. The minimum atomic E-state index is -0.543. The molecule has 3 heterocycles. The Morgan fingerprint density at radius 2 is 1.68 bits per heavy atom. The fourth-order valence-electron chi connectivity index (χ4n) is 3.99. The van der Waals surface area contributed by atoms with Gasteiger partial charge in [0.2, 0.25) is 5.78 Å². The lowest BCUT2D eigenvalue weighted by Crippen LogP contribution is -2.45. The van der Waals surface area contributed by atoms with Gasteiger partial charge in [0.25, 0.3) is 0 Å². The maximum Gasteiger partial charge on any atom is 0.410 e. The highest BCUT2D eigenvalue weighted by molar-refractivity contribution is 6.11. The molecule has 0 spiro atoms. The van der Waals surface area contributed by atoms with Crippen LogP contribution in [0.4, 0.5) is 10.5 Å². The first-order chi connectivity index (χ1) is 14.7. The summed E-state index contributed by atoms with van der Waals surface area (Å²) in [6, 6.07) is 9.57. The van der Waals surface area contributed by atoms with E-state index in [2.05, 4.69) is 21.8 Å². The third-order valence-corrected chi connectivity index (χ3v) is 5.68. The number of benzene rings is 1. The molecule has 0 saturated carbocycles. The molecule has 2 aliphatic heterocycles. The van der Waals surface area contributed by atoms with Crippen molar-refractivity contribution in [3.8, 4) is 0 Å². The molecule has 1 amide bonds. The number of pyridine rings is 1. The van der Waals surface area contributed by atoms with Crippen molar-refractivity contribution < 1.29 is 14.3 Å². The average molecular weight is 423 g/mol. The highest BCUT2D eigenvalue weighted by Crippen LogP contribution is 2.28. The topological polar surface area (TPSA) is 66.0 Å². The Bertz CT molecular complexity index is 991. The minimum Gasteiger partial charge on any atom is -0.444 e. The number of hydrogen-bond donors (Lipinski definition) is 0. The van der Waals surface area contributed by atoms with Gasteiger partial charge in [0, 0.05) is 50.2 Å². The van der Waals surface area contributed by atoms with Crippen LogP contribution >= 0.6 is 0 Å². The summed E-state index contributed by atoms with van der Waals surface area (Å²) in [4.78, 5) is 36.4. The summed E-state index contributed by atoms with van der Waals surface area (Å²) in [5.41, 5.74) is 3.39. The number of anilines is 1. The highest BCUT2D eigenvalue weighted by Gasteiger charge is 2.29. The number of ether oxygens (including phenoxy) is 1. The zero-order valence-electron chi connectivity index (χ0n) is 18.7. The first-order valence-corrected chi connectivity index (χ1v) is 10.7. The van der Waals surface area contributed by atoms with Crippen LogP contribution in [0.15, 0.2) is 36.5 Å². The number of fused-ring (bicyclic) bond motifs is 1. The smallest absolute Gasteiger partial charge is 0.410 e. The van der Waals surface area contributed by atoms with Gasteiger partial charge in [-0.15, -0.1) is 0 Å². The molecule has 31 heavy (non-hydrogen) atoms. The van der Waals surface area contributed by atoms with E-state index in [0.717, 1.165) is 43.0 Å². The number of amides is 1. The molecule has 7 heteroatoms. The van der Waals surface area contributed by atoms with Crippen molar-refractivity contribution in [2.24, 2.45) is 0 Å². The third kappa shape index (κ3) is 4.71. The van der Waals surface area contributed by atoms with E-state index in [9.17, 15) is 9.59 Å². The summed E-state index contributed by atoms with van der Waals surface area (Å²) >= 11 is 0. The van der Waals surface area contributed by atoms with Gasteiger partial charge in [0.15, 0.2) is 0 Å². The predicted molar refractivity (Wildman–Crippen MR) is 119 cm³/mol. The molecule has 2 aliphatic rings. The summed E-state index contributed by atoms with van der Waals surface area (Å²) in [5.74, 6) is -0.0898. The number of carbonyl (C=O) groups is 2. The van der Waals surface area contributed by atoms with Crippen molar-refractivity contribution in [1.82, 2.24) is 14.8 Å². The molecular formula is C24H30N4O3. The van der Waals surface area contributed by atoms with Crippen LogP contribution < -0.4 is 4.90 Å². The Morgan fingerprint density at radius 3 is 2.39 bits per heavy atom. The Balaban J connectivity index is 1.54. The van der Waals surface area contributed by atoms with Crippen LogP contribution in [0, 0.1) is 0 Å². The molecule has 0 N–H and O–H groups in total. The Hall–Kier alpha value is -2.93. The van der Waals surface area contributed by atoms with Gasteiger partial charge in [-0.25, -0.2) is 4.79 Å². The number of rotatable bonds is 3. The van der Waals surface area contributed by atoms with E-state index in [1.807, 2.05) is 51.1 Å². The van der Waals surface area contributed by atoms with Crippen molar-refractivity contribution in [1.29, 1.82) is 0 Å². The molecule has 0 aliphatic carbocycles. The van der Waals surface area contributed by atoms with Gasteiger partial charge in [-0.2, -0.15) is 0 Å². The number of hydrogen-bond acceptors (Lipinski definition) is 6. The zero-order valence-corrected chi connectivity index (χ0v) is 18.7. The van der Waals surface area contributed by atoms with Gasteiger partial charge in [-0.3, -0.25) is 14.7 Å². The van der Waals surface area contributed by atoms with Crippen LogP contribution in [0.1, 0.15) is 48.0 Å². The van der Waals surface area contributed by atoms with E-state index >= 15 is 0 Å². The monoisotopic (exact) mass is 422 g/mol. The molecule has 0 bridgehead atoms. The Kier molecular flexibility index (Phi) is 5.71. The van der Waals surface area contributed by atoms with E-state index in [1.165, 1.54) is 0 Å². The standard InChI is InChI=1S/C24H30N4O3/c1-24(2,3)31-23(30)28-15-17-13-20(25-14-18(17)16-28)22(29)19-7-5-6-8-21(19)27-11-9-26(4)10-12-27/h5-8,13-14H,9-12,15-16H2,1-4H3. The normalized spacial score (nSPS) is 16.9. The van der Waals surface area contributed by atoms with Crippen LogP contribution in [0.25, 0.3) is 0 Å². The Morgan fingerprint density at radius 1 is 1.00 bits per heavy atom. The van der Waals surface area contributed by atoms with Crippen molar-refractivity contribution in [2.45, 2.75) is 39.5 Å². The minimum absolute atomic E-state index is 0.0898. The maximum absolute atomic E-state index is 13.4. The molecule has 0 radical (unpaired) electrons. The zero-order chi connectivity index (χ0) is 22.2. The van der Waals surface area contributed by atoms with E-state index in [0.29, 0.717) is 24.3 Å². The highest BCUT2D eigenvalue weighted by atomic mass is 16.6. The SMILES string of the molecule is CN1CCN(c2ccccc2C(=O)c2cc3c(cn2)CN(C(=O)OC(C)(C)C)C3)CC1. The van der Waals surface area contributed by atoms with E-state index in [-0.39, 0.29) is 11.9 Å². The van der Waals surface area contributed by atoms with Crippen LogP contribution in [-0.2, 0) is 17.8 Å². The lowest BCUT2D eigenvalue weighted by atomic mass is 10.0. The molecule has 1 fully saturated rings. The lowest BCUT2D eigenvalue weighted by Gasteiger charge is -2.35. The molecule has 0 unspecified atom stereocenters. The van der Waals surface area contributed by atoms with E-state index in [4.69, 9.17) is 4.74 Å². The first-order valence-electron chi connectivity index (χ1n) is 10.7. The van der Waals surface area contributed by atoms with Crippen molar-refractivity contribution in [3.05, 3.63) is 58.9 Å². The summed E-state index contributed by atoms with van der Waals surface area (Å²) in [6.45, 7) is 10.2. The second-order valence-corrected chi connectivity index (χ2v) is 9.31. The second kappa shape index (κ2) is 8.30. The summed E-state index contributed by atoms with van der Waals surface area (Å²) in [6.07, 6.45) is 1.36. The molecule has 1 saturated heterocycles. The van der Waals surface area contributed by atoms with Gasteiger partial charge in [-0.1, -0.05) is 12.1 Å². The molecule has 164 valence electrons. The van der Waals surface area contributed by atoms with Crippen LogP contribution in [0.3, 0.4) is 0 Å². The van der Waals surface area contributed by atoms with Crippen molar-refractivity contribution >= 4 is 17.6 Å². The molecule has 1 aromatic carbocycles. The van der Waals surface area contributed by atoms with Crippen molar-refractivity contribution in [3.63, 3.8) is 0 Å². The first kappa shape index (κ1) is 21.3. The van der Waals surface area contributed by atoms with Crippen LogP contribution in [0.2, 0.25) is 0 Å². The van der Waals surface area contributed by atoms with Gasteiger partial charge < -0.3 is 14.5 Å². The predicted octanol–water partition coefficient (Wildman–Crippen LogP) is 3.32. The van der Waals surface area contributed by atoms with Crippen LogP contribution in [-0.4, -0.2) is 65.5 Å². The quantitative estimate of drug-likeness (QED) is 0.707. The fraction of sp³-hybridized carbons (Fsp3) is 0.458. The summed E-state index contributed by atoms with van der Waals surface area (Å²) in [7, 11) is 2.11. The average Bonchev–Trinajstić information content (AvgIpc) is 3.16. The number of para-hydroxylation sites is 1. The largest absolute Gasteiger partial charge is 0.444 e. The number of carbonyl (C=O) groups excluding carboxylic acids is 2. The van der Waals surface area contributed by atoms with Crippen LogP contribution in [0.5, 0.6) is 0 Å². The summed E-state index contributed by atoms with van der Waals surface area (Å²) in [5, 5.41) is 0. The van der Waals surface area contributed by atoms with Gasteiger partial charge in [0.1, 0.15) is 11.3 Å². The number of ketones is 1. The number of nitrogens with zero attached hydrogens (tertiary/aromatic N) is 4. The van der Waals surface area contributed by atoms with Gasteiger partial charge >= 0.3 is 6.09 Å². The maximum atomic E-state index is 13.4. The molecular weight excluding hydrogens is 392 g/mol. The third-order valence-electron chi connectivity index (χ3n) is 5.68. The number of likely N-dealkylation sites (N-methyl/N-ethyl adjacent to an activating group) is 1. The second-order valence-electron chi connectivity index (χ2n) is 9.31. The Labute approximate surface area is 183 Å². The van der Waals surface area contributed by atoms with Crippen molar-refractivity contribution in [2.75, 3.05) is 38.1 Å². The molecule has 0 atom stereocenters. The number of piperazine rings is 1. The van der Waals surface area contributed by atoms with E-state index < -0.39 is 5.60 Å². The number of aromatic nitrogens is 1. The van der Waals surface area contributed by atoms with Gasteiger partial charge in [0.05, 0.1) is 6.54 Å². The summed E-state index contributed by atoms with van der Waals surface area (Å²) < 4.78 is 5.48. The molecule has 4 rings (SSSR count). The van der Waals surface area contributed by atoms with E-state index in [1.54, 1.807) is 11.1 Å². The van der Waals surface area contributed by atoms with Gasteiger partial charge in [-0.05, 0) is 57.1 Å². The fourth-order valence-corrected chi connectivity index (χ4v) is 3.99. The molecule has 7 nitrogen and oxygen atoms in total.